The molecule has 1 saturated carbocycles. The first-order chi connectivity index (χ1) is 11.6. The highest BCUT2D eigenvalue weighted by Gasteiger charge is 2.16. The number of nitrogens with zero attached hydrogens (tertiary/aromatic N) is 1. The molecule has 0 unspecified atom stereocenters. The van der Waals surface area contributed by atoms with Gasteiger partial charge in [-0.25, -0.2) is 0 Å². The summed E-state index contributed by atoms with van der Waals surface area (Å²) in [4.78, 5) is 22.4. The van der Waals surface area contributed by atoms with Crippen LogP contribution in [0, 0.1) is 10.1 Å². The number of hydrogen-bond acceptors (Lipinski definition) is 5. The number of ether oxygens (including phenoxy) is 2. The number of rotatable bonds is 6. The lowest BCUT2D eigenvalue weighted by atomic mass is 9.97. The Morgan fingerprint density at radius 2 is 1.88 bits per heavy atom. The molecule has 7 nitrogen and oxygen atoms in total. The highest BCUT2D eigenvalue weighted by molar-refractivity contribution is 5.78. The second-order valence-electron chi connectivity index (χ2n) is 5.99. The number of hydrogen-bond donors (Lipinski definition) is 1. The third-order valence-electron chi connectivity index (χ3n) is 4.19. The van der Waals surface area contributed by atoms with E-state index < -0.39 is 4.92 Å². The van der Waals surface area contributed by atoms with E-state index in [1.807, 2.05) is 0 Å². The van der Waals surface area contributed by atoms with Crippen LogP contribution >= 0.6 is 0 Å². The number of amides is 1. The van der Waals surface area contributed by atoms with E-state index in [0.717, 1.165) is 25.7 Å². The van der Waals surface area contributed by atoms with Gasteiger partial charge < -0.3 is 14.8 Å². The Morgan fingerprint density at radius 1 is 1.21 bits per heavy atom. The minimum absolute atomic E-state index is 0.105. The molecule has 0 bridgehead atoms. The van der Waals surface area contributed by atoms with Crippen molar-refractivity contribution < 1.29 is 19.2 Å². The molecule has 0 saturated heterocycles. The molecule has 132 valence electrons. The number of methoxy groups -OCH3 is 1. The summed E-state index contributed by atoms with van der Waals surface area (Å²) in [6.07, 6.45) is 7.95. The molecule has 1 aliphatic rings. The predicted molar refractivity (Wildman–Crippen MR) is 89.4 cm³/mol. The second kappa shape index (κ2) is 9.10. The Hall–Kier alpha value is -2.31. The highest BCUT2D eigenvalue weighted by Crippen LogP contribution is 2.31. The summed E-state index contributed by atoms with van der Waals surface area (Å²) in [5.74, 6) is 0.341. The smallest absolute Gasteiger partial charge is 0.273 e. The van der Waals surface area contributed by atoms with E-state index >= 15 is 0 Å². The molecule has 1 amide bonds. The fourth-order valence-corrected chi connectivity index (χ4v) is 2.90. The lowest BCUT2D eigenvalue weighted by Crippen LogP contribution is -2.38. The Labute approximate surface area is 141 Å². The number of nitro benzene ring substituents is 1. The molecule has 7 heteroatoms. The van der Waals surface area contributed by atoms with Crippen LogP contribution in [0.2, 0.25) is 0 Å². The second-order valence-corrected chi connectivity index (χ2v) is 5.99. The maximum absolute atomic E-state index is 12.1. The zero-order valence-electron chi connectivity index (χ0n) is 14.0. The van der Waals surface area contributed by atoms with Crippen molar-refractivity contribution in [3.05, 3.63) is 28.3 Å². The van der Waals surface area contributed by atoms with Crippen molar-refractivity contribution in [3.8, 4) is 11.5 Å². The van der Waals surface area contributed by atoms with Crippen LogP contribution in [0.3, 0.4) is 0 Å². The van der Waals surface area contributed by atoms with Crippen LogP contribution in [0.25, 0.3) is 0 Å². The van der Waals surface area contributed by atoms with E-state index in [2.05, 4.69) is 5.32 Å². The molecular formula is C17H24N2O5. The third-order valence-corrected chi connectivity index (χ3v) is 4.19. The highest BCUT2D eigenvalue weighted by atomic mass is 16.6. The van der Waals surface area contributed by atoms with Crippen LogP contribution in [0.5, 0.6) is 11.5 Å². The molecule has 1 aromatic carbocycles. The number of carbonyl (C=O) groups excluding carboxylic acids is 1. The summed E-state index contributed by atoms with van der Waals surface area (Å²) in [7, 11) is 1.45. The number of nitrogens with one attached hydrogen (secondary N) is 1. The zero-order chi connectivity index (χ0) is 17.4. The quantitative estimate of drug-likeness (QED) is 0.636. The number of carbonyl (C=O) groups is 1. The van der Waals surface area contributed by atoms with Gasteiger partial charge in [-0.15, -0.1) is 0 Å². The fraction of sp³-hybridized carbons (Fsp3) is 0.588. The van der Waals surface area contributed by atoms with Gasteiger partial charge in [0.05, 0.1) is 18.1 Å². The Kier molecular flexibility index (Phi) is 6.84. The molecule has 24 heavy (non-hydrogen) atoms. The zero-order valence-corrected chi connectivity index (χ0v) is 14.0. The Morgan fingerprint density at radius 3 is 2.50 bits per heavy atom. The van der Waals surface area contributed by atoms with E-state index in [0.29, 0.717) is 5.75 Å². The summed E-state index contributed by atoms with van der Waals surface area (Å²) >= 11 is 0. The summed E-state index contributed by atoms with van der Waals surface area (Å²) in [5, 5.41) is 13.8. The van der Waals surface area contributed by atoms with Gasteiger partial charge in [-0.2, -0.15) is 0 Å². The first-order valence-corrected chi connectivity index (χ1v) is 8.34. The molecule has 1 aliphatic carbocycles. The molecule has 1 fully saturated rings. The number of non-ortho nitro benzene ring substituents is 1. The van der Waals surface area contributed by atoms with Crippen molar-refractivity contribution in [1.29, 1.82) is 0 Å². The van der Waals surface area contributed by atoms with Gasteiger partial charge in [0.2, 0.25) is 0 Å². The normalized spacial score (nSPS) is 15.9. The monoisotopic (exact) mass is 336 g/mol. The first kappa shape index (κ1) is 18.0. The lowest BCUT2D eigenvalue weighted by Gasteiger charge is -2.21. The van der Waals surface area contributed by atoms with Crippen molar-refractivity contribution in [2.75, 3.05) is 13.7 Å². The minimum Gasteiger partial charge on any atom is -0.493 e. The maximum Gasteiger partial charge on any atom is 0.273 e. The topological polar surface area (TPSA) is 90.7 Å². The molecule has 0 atom stereocenters. The third kappa shape index (κ3) is 5.40. The molecule has 2 rings (SSSR count). The SMILES string of the molecule is COc1ccc([N+](=O)[O-])cc1OCC(=O)NC1CCCCCCC1. The van der Waals surface area contributed by atoms with Crippen molar-refractivity contribution in [2.45, 2.75) is 51.0 Å². The number of nitro groups is 1. The van der Waals surface area contributed by atoms with Gasteiger partial charge in [0, 0.05) is 12.1 Å². The van der Waals surface area contributed by atoms with E-state index in [1.54, 1.807) is 0 Å². The van der Waals surface area contributed by atoms with Gasteiger partial charge in [-0.05, 0) is 18.9 Å². The predicted octanol–water partition coefficient (Wildman–Crippen LogP) is 3.21. The van der Waals surface area contributed by atoms with E-state index in [-0.39, 0.29) is 30.0 Å². The summed E-state index contributed by atoms with van der Waals surface area (Å²) in [5.41, 5.74) is -0.105. The molecule has 0 aromatic heterocycles. The van der Waals surface area contributed by atoms with Crippen LogP contribution in [-0.4, -0.2) is 30.6 Å². The molecule has 0 heterocycles. The van der Waals surface area contributed by atoms with Crippen LogP contribution in [-0.2, 0) is 4.79 Å². The van der Waals surface area contributed by atoms with Crippen LogP contribution < -0.4 is 14.8 Å². The molecule has 1 aromatic rings. The van der Waals surface area contributed by atoms with Gasteiger partial charge in [-0.1, -0.05) is 32.1 Å². The summed E-state index contributed by atoms with van der Waals surface area (Å²) < 4.78 is 10.6. The first-order valence-electron chi connectivity index (χ1n) is 8.34. The lowest BCUT2D eigenvalue weighted by molar-refractivity contribution is -0.385. The molecular weight excluding hydrogens is 312 g/mol. The van der Waals surface area contributed by atoms with Gasteiger partial charge in [-0.3, -0.25) is 14.9 Å². The van der Waals surface area contributed by atoms with Crippen molar-refractivity contribution in [3.63, 3.8) is 0 Å². The number of benzene rings is 1. The molecule has 0 spiro atoms. The van der Waals surface area contributed by atoms with Crippen LogP contribution in [0.1, 0.15) is 44.9 Å². The molecule has 0 radical (unpaired) electrons. The average molecular weight is 336 g/mol. The molecule has 1 N–H and O–H groups in total. The van der Waals surface area contributed by atoms with Gasteiger partial charge in [0.25, 0.3) is 11.6 Å². The summed E-state index contributed by atoms with van der Waals surface area (Å²) in [6.45, 7) is -0.186. The average Bonchev–Trinajstić information content (AvgIpc) is 2.55. The molecule has 0 aliphatic heterocycles. The minimum atomic E-state index is -0.513. The van der Waals surface area contributed by atoms with Crippen LogP contribution in [0.4, 0.5) is 5.69 Å². The van der Waals surface area contributed by atoms with Crippen molar-refractivity contribution >= 4 is 11.6 Å². The maximum atomic E-state index is 12.1. The van der Waals surface area contributed by atoms with Crippen molar-refractivity contribution in [2.24, 2.45) is 0 Å². The standard InChI is InChI=1S/C17H24N2O5/c1-23-15-10-9-14(19(21)22)11-16(15)24-12-17(20)18-13-7-5-3-2-4-6-8-13/h9-11,13H,2-8,12H2,1H3,(H,18,20). The largest absolute Gasteiger partial charge is 0.493 e. The summed E-state index contributed by atoms with van der Waals surface area (Å²) in [6, 6.07) is 4.25. The van der Waals surface area contributed by atoms with Gasteiger partial charge >= 0.3 is 0 Å². The Balaban J connectivity index is 1.90. The van der Waals surface area contributed by atoms with Gasteiger partial charge in [0.15, 0.2) is 18.1 Å². The van der Waals surface area contributed by atoms with Gasteiger partial charge in [0.1, 0.15) is 0 Å². The van der Waals surface area contributed by atoms with Crippen molar-refractivity contribution in [1.82, 2.24) is 5.32 Å². The van der Waals surface area contributed by atoms with E-state index in [9.17, 15) is 14.9 Å². The Bertz CT molecular complexity index is 568. The van der Waals surface area contributed by atoms with E-state index in [4.69, 9.17) is 9.47 Å². The fourth-order valence-electron chi connectivity index (χ4n) is 2.90. The van der Waals surface area contributed by atoms with Crippen LogP contribution in [0.15, 0.2) is 18.2 Å². The van der Waals surface area contributed by atoms with E-state index in [1.165, 1.54) is 44.6 Å².